The van der Waals surface area contributed by atoms with E-state index in [0.29, 0.717) is 0 Å². The van der Waals surface area contributed by atoms with E-state index < -0.39 is 6.04 Å². The van der Waals surface area contributed by atoms with Gasteiger partial charge in [-0.2, -0.15) is 0 Å². The molecule has 0 fully saturated rings. The van der Waals surface area contributed by atoms with Crippen LogP contribution >= 0.6 is 0 Å². The number of nitrogens with zero attached hydrogens (tertiary/aromatic N) is 2. The van der Waals surface area contributed by atoms with Gasteiger partial charge in [0, 0.05) is 37.1 Å². The molecule has 5 heteroatoms. The Morgan fingerprint density at radius 1 is 1.25 bits per heavy atom. The molecule has 0 aliphatic heterocycles. The first kappa shape index (κ1) is 22.8. The maximum Gasteiger partial charge on any atom is 2.00 e. The van der Waals surface area contributed by atoms with Crippen molar-refractivity contribution in [1.82, 2.24) is 0 Å². The summed E-state index contributed by atoms with van der Waals surface area (Å²) in [5.74, 6) is 0. The molecule has 43 valence electrons. The molecule has 0 aromatic rings. The van der Waals surface area contributed by atoms with Crippen molar-refractivity contribution < 1.29 is 55.7 Å². The Hall–Kier alpha value is 1.35. The van der Waals surface area contributed by atoms with E-state index in [1.54, 1.807) is 0 Å². The Morgan fingerprint density at radius 2 is 1.38 bits per heavy atom. The predicted molar refractivity (Wildman–Crippen MR) is 20.3 cm³/mol. The van der Waals surface area contributed by atoms with E-state index in [9.17, 15) is 0 Å². The van der Waals surface area contributed by atoms with Crippen molar-refractivity contribution in [2.24, 2.45) is 5.11 Å². The van der Waals surface area contributed by atoms with E-state index in [-0.39, 0.29) is 55.7 Å². The second-order valence-corrected chi connectivity index (χ2v) is 0.769. The van der Waals surface area contributed by atoms with Crippen molar-refractivity contribution in [1.29, 1.82) is 0 Å². The Bertz CT molecular complexity index is 39.5. The summed E-state index contributed by atoms with van der Waals surface area (Å²) in [5, 5.41) is 2.67. The third-order valence-electron chi connectivity index (χ3n) is 0.163. The number of rotatable bonds is 1. The topological polar surface area (TPSA) is 34.7 Å². The van der Waals surface area contributed by atoms with Crippen LogP contribution < -0.4 is 0 Å². The Balaban J connectivity index is -0.0000000267. The molecule has 0 N–H and O–H groups in total. The van der Waals surface area contributed by atoms with Crippen molar-refractivity contribution in [2.75, 3.05) is 0 Å². The van der Waals surface area contributed by atoms with Crippen LogP contribution in [0.1, 0.15) is 0 Å². The summed E-state index contributed by atoms with van der Waals surface area (Å²) >= 11 is 0. The zero-order chi connectivity index (χ0) is 4.28. The van der Waals surface area contributed by atoms with Gasteiger partial charge < -0.3 is 24.5 Å². The summed E-state index contributed by atoms with van der Waals surface area (Å²) in [5.41, 5.74) is 7.64. The molecule has 0 rings (SSSR count). The van der Waals surface area contributed by atoms with Gasteiger partial charge in [0.1, 0.15) is 0 Å². The van der Waals surface area contributed by atoms with Gasteiger partial charge >= 0.3 is 18.6 Å². The molecule has 2 nitrogen and oxygen atoms in total. The smallest absolute Gasteiger partial charge is 0.717 e. The first-order valence-electron chi connectivity index (χ1n) is 1.27. The van der Waals surface area contributed by atoms with Gasteiger partial charge in [0.25, 0.3) is 0 Å². The van der Waals surface area contributed by atoms with E-state index in [1.807, 2.05) is 0 Å². The summed E-state index contributed by atoms with van der Waals surface area (Å²) < 4.78 is 0. The molecule has 0 bridgehead atoms. The van der Waals surface area contributed by atoms with Crippen molar-refractivity contribution in [2.45, 2.75) is 6.04 Å². The molecule has 8 heavy (non-hydrogen) atoms. The molecule has 3 radical (unpaired) electrons. The zero-order valence-corrected chi connectivity index (χ0v) is 8.42. The van der Waals surface area contributed by atoms with Crippen molar-refractivity contribution in [3.8, 4) is 0 Å². The monoisotopic (exact) mass is 222 g/mol. The van der Waals surface area contributed by atoms with Crippen LogP contribution in [-0.4, -0.2) is 6.04 Å². The van der Waals surface area contributed by atoms with Crippen molar-refractivity contribution >= 4 is 0 Å². The Labute approximate surface area is 85.7 Å². The SMILES string of the molecule is [CH2-]C([CH2-])N=[N-].[V+2].[V].[V]. The van der Waals surface area contributed by atoms with E-state index in [4.69, 9.17) is 5.53 Å². The Morgan fingerprint density at radius 3 is 1.38 bits per heavy atom. The largest absolute Gasteiger partial charge is 2.00 e. The van der Waals surface area contributed by atoms with Crippen molar-refractivity contribution in [3.63, 3.8) is 0 Å². The second kappa shape index (κ2) is 15.8. The number of hydrogen-bond acceptors (Lipinski definition) is 1. The fraction of sp³-hybridized carbons (Fsp3) is 0.333. The third kappa shape index (κ3) is 26.4. The van der Waals surface area contributed by atoms with E-state index in [0.717, 1.165) is 0 Å². The standard InChI is InChI=1S/C3H5N2.3V/c1-3(2)5-4;;;/h3H,1-2H2;;;/q-3;;;+2. The molecule has 0 spiro atoms. The molecule has 0 amide bonds. The van der Waals surface area contributed by atoms with Gasteiger partial charge in [-0.1, -0.05) is 0 Å². The average Bonchev–Trinajstić information content (AvgIpc) is 1.38. The van der Waals surface area contributed by atoms with Crippen LogP contribution in [0.5, 0.6) is 0 Å². The van der Waals surface area contributed by atoms with Gasteiger partial charge in [0.05, 0.1) is 0 Å². The molecule has 0 atom stereocenters. The third-order valence-corrected chi connectivity index (χ3v) is 0.163. The molecule has 0 aromatic carbocycles. The van der Waals surface area contributed by atoms with Gasteiger partial charge in [0.2, 0.25) is 0 Å². The fourth-order valence-electron chi connectivity index (χ4n) is 0. The Kier molecular flexibility index (Phi) is 44.9. The van der Waals surface area contributed by atoms with Crippen LogP contribution in [0.3, 0.4) is 0 Å². The summed E-state index contributed by atoms with van der Waals surface area (Å²) in [6.45, 7) is 6.46. The molecule has 0 aromatic heterocycles. The predicted octanol–water partition coefficient (Wildman–Crippen LogP) is 1.04. The molecule has 0 saturated carbocycles. The van der Waals surface area contributed by atoms with Crippen LogP contribution in [0.25, 0.3) is 5.53 Å². The molecular formula is C3H5N2V3-. The van der Waals surface area contributed by atoms with Crippen LogP contribution in [0, 0.1) is 13.8 Å². The first-order valence-corrected chi connectivity index (χ1v) is 1.27. The van der Waals surface area contributed by atoms with Gasteiger partial charge in [-0.05, 0) is 0 Å². The molecule has 0 unspecified atom stereocenters. The number of hydrogen-bond donors (Lipinski definition) is 0. The molecule has 0 heterocycles. The minimum atomic E-state index is -0.435. The minimum absolute atomic E-state index is 0. The molecule has 0 saturated heterocycles. The summed E-state index contributed by atoms with van der Waals surface area (Å²) in [6.07, 6.45) is 0. The van der Waals surface area contributed by atoms with E-state index >= 15 is 0 Å². The summed E-state index contributed by atoms with van der Waals surface area (Å²) in [4.78, 5) is 0. The second-order valence-electron chi connectivity index (χ2n) is 0.769. The maximum atomic E-state index is 7.64. The van der Waals surface area contributed by atoms with Crippen molar-refractivity contribution in [3.05, 3.63) is 19.4 Å². The fourth-order valence-corrected chi connectivity index (χ4v) is 0. The average molecular weight is 222 g/mol. The summed E-state index contributed by atoms with van der Waals surface area (Å²) in [7, 11) is 0. The molecular weight excluding hydrogens is 217 g/mol. The normalized spacial score (nSPS) is 5.38. The van der Waals surface area contributed by atoms with Gasteiger partial charge in [0.15, 0.2) is 0 Å². The minimum Gasteiger partial charge on any atom is -0.717 e. The van der Waals surface area contributed by atoms with E-state index in [2.05, 4.69) is 19.0 Å². The van der Waals surface area contributed by atoms with E-state index in [1.165, 1.54) is 0 Å². The maximum absolute atomic E-state index is 7.64. The van der Waals surface area contributed by atoms with Gasteiger partial charge in [-0.15, -0.1) is 0 Å². The van der Waals surface area contributed by atoms with Gasteiger partial charge in [-0.25, -0.2) is 6.04 Å². The van der Waals surface area contributed by atoms with Crippen LogP contribution in [0.2, 0.25) is 0 Å². The van der Waals surface area contributed by atoms with Crippen LogP contribution in [-0.2, 0) is 55.7 Å². The quantitative estimate of drug-likeness (QED) is 0.469. The molecule has 0 aliphatic carbocycles. The van der Waals surface area contributed by atoms with Crippen LogP contribution in [0.15, 0.2) is 5.11 Å². The van der Waals surface area contributed by atoms with Gasteiger partial charge in [-0.3, -0.25) is 0 Å². The first-order chi connectivity index (χ1) is 2.27. The van der Waals surface area contributed by atoms with Crippen LogP contribution in [0.4, 0.5) is 0 Å². The summed E-state index contributed by atoms with van der Waals surface area (Å²) in [6, 6.07) is -0.435. The molecule has 0 aliphatic rings. The zero-order valence-electron chi connectivity index (χ0n) is 4.23.